The van der Waals surface area contributed by atoms with Gasteiger partial charge in [0.1, 0.15) is 5.75 Å². The highest BCUT2D eigenvalue weighted by molar-refractivity contribution is 7.92. The number of methoxy groups -OCH3 is 1. The van der Waals surface area contributed by atoms with Crippen LogP contribution in [0.15, 0.2) is 48.5 Å². The van der Waals surface area contributed by atoms with E-state index in [4.69, 9.17) is 4.74 Å². The van der Waals surface area contributed by atoms with Crippen LogP contribution in [0.3, 0.4) is 0 Å². The first-order valence-electron chi connectivity index (χ1n) is 8.59. The van der Waals surface area contributed by atoms with Gasteiger partial charge in [-0.25, -0.2) is 8.42 Å². The summed E-state index contributed by atoms with van der Waals surface area (Å²) in [5, 5.41) is 2.66. The zero-order valence-electron chi connectivity index (χ0n) is 15.9. The van der Waals surface area contributed by atoms with Crippen LogP contribution in [0.25, 0.3) is 0 Å². The molecular weight excluding hydrogens is 409 g/mol. The molecule has 158 valence electrons. The van der Waals surface area contributed by atoms with Crippen LogP contribution in [0.2, 0.25) is 0 Å². The molecule has 10 heteroatoms. The summed E-state index contributed by atoms with van der Waals surface area (Å²) in [5.74, 6) is 0.214. The molecule has 0 spiro atoms. The number of carbonyl (C=O) groups excluding carboxylic acids is 1. The molecule has 0 saturated heterocycles. The van der Waals surface area contributed by atoms with E-state index in [1.807, 2.05) is 0 Å². The highest BCUT2D eigenvalue weighted by Gasteiger charge is 2.31. The van der Waals surface area contributed by atoms with Crippen LogP contribution in [-0.4, -0.2) is 34.2 Å². The van der Waals surface area contributed by atoms with Crippen molar-refractivity contribution in [2.75, 3.05) is 29.5 Å². The number of hydrogen-bond acceptors (Lipinski definition) is 4. The maximum absolute atomic E-state index is 12.9. The molecule has 0 radical (unpaired) electrons. The molecule has 1 N–H and O–H groups in total. The van der Waals surface area contributed by atoms with Crippen molar-refractivity contribution in [2.45, 2.75) is 19.0 Å². The van der Waals surface area contributed by atoms with Gasteiger partial charge in [0, 0.05) is 24.7 Å². The number of ether oxygens (including phenoxy) is 1. The number of nitrogens with one attached hydrogen (secondary N) is 1. The second-order valence-corrected chi connectivity index (χ2v) is 8.17. The molecule has 0 aliphatic rings. The second kappa shape index (κ2) is 9.17. The Morgan fingerprint density at radius 3 is 2.45 bits per heavy atom. The van der Waals surface area contributed by atoms with E-state index in [9.17, 15) is 26.4 Å². The lowest BCUT2D eigenvalue weighted by Crippen LogP contribution is -2.31. The summed E-state index contributed by atoms with van der Waals surface area (Å²) in [5.41, 5.74) is -0.526. The Hall–Kier alpha value is -2.75. The molecule has 0 unspecified atom stereocenters. The molecule has 0 heterocycles. The van der Waals surface area contributed by atoms with Crippen molar-refractivity contribution in [1.29, 1.82) is 0 Å². The maximum atomic E-state index is 12.9. The highest BCUT2D eigenvalue weighted by atomic mass is 32.2. The number of hydrogen-bond donors (Lipinski definition) is 1. The van der Waals surface area contributed by atoms with Gasteiger partial charge in [-0.2, -0.15) is 13.2 Å². The summed E-state index contributed by atoms with van der Waals surface area (Å²) in [7, 11) is -2.33. The molecule has 2 rings (SSSR count). The SMILES string of the molecule is COc1cccc(NC(=O)CCCN(c2cccc(C(F)(F)F)c2)S(C)(=O)=O)c1. The van der Waals surface area contributed by atoms with Crippen molar-refractivity contribution in [2.24, 2.45) is 0 Å². The molecule has 0 aliphatic carbocycles. The molecule has 0 aromatic heterocycles. The number of alkyl halides is 3. The Bertz CT molecular complexity index is 962. The van der Waals surface area contributed by atoms with Gasteiger partial charge in [-0.15, -0.1) is 0 Å². The van der Waals surface area contributed by atoms with Gasteiger partial charge in [0.05, 0.1) is 24.6 Å². The minimum atomic E-state index is -4.59. The third-order valence-electron chi connectivity index (χ3n) is 3.98. The van der Waals surface area contributed by atoms with Crippen molar-refractivity contribution in [3.8, 4) is 5.75 Å². The molecule has 29 heavy (non-hydrogen) atoms. The van der Waals surface area contributed by atoms with Crippen LogP contribution >= 0.6 is 0 Å². The molecule has 1 amide bonds. The third kappa shape index (κ3) is 6.67. The number of halogens is 3. The minimum Gasteiger partial charge on any atom is -0.497 e. The predicted octanol–water partition coefficient (Wildman–Crippen LogP) is 3.90. The average Bonchev–Trinajstić information content (AvgIpc) is 2.64. The first kappa shape index (κ1) is 22.5. The summed E-state index contributed by atoms with van der Waals surface area (Å²) >= 11 is 0. The molecule has 0 saturated carbocycles. The monoisotopic (exact) mass is 430 g/mol. The Morgan fingerprint density at radius 2 is 1.83 bits per heavy atom. The smallest absolute Gasteiger partial charge is 0.416 e. The molecule has 0 bridgehead atoms. The molecule has 2 aromatic rings. The van der Waals surface area contributed by atoms with E-state index in [0.29, 0.717) is 11.4 Å². The van der Waals surface area contributed by atoms with Gasteiger partial charge in [0.15, 0.2) is 0 Å². The van der Waals surface area contributed by atoms with Crippen LogP contribution < -0.4 is 14.4 Å². The normalized spacial score (nSPS) is 11.8. The van der Waals surface area contributed by atoms with E-state index in [1.165, 1.54) is 13.2 Å². The van der Waals surface area contributed by atoms with Gasteiger partial charge in [-0.05, 0) is 36.8 Å². The Kier molecular flexibility index (Phi) is 7.12. The van der Waals surface area contributed by atoms with Gasteiger partial charge in [0.25, 0.3) is 0 Å². The van der Waals surface area contributed by atoms with Crippen LogP contribution in [-0.2, 0) is 21.0 Å². The fourth-order valence-electron chi connectivity index (χ4n) is 2.63. The van der Waals surface area contributed by atoms with E-state index < -0.39 is 21.8 Å². The highest BCUT2D eigenvalue weighted by Crippen LogP contribution is 2.32. The van der Waals surface area contributed by atoms with Crippen molar-refractivity contribution in [3.05, 3.63) is 54.1 Å². The van der Waals surface area contributed by atoms with Gasteiger partial charge < -0.3 is 10.1 Å². The Labute approximate surface area is 167 Å². The van der Waals surface area contributed by atoms with Crippen LogP contribution in [0.5, 0.6) is 5.75 Å². The maximum Gasteiger partial charge on any atom is 0.416 e. The second-order valence-electron chi connectivity index (χ2n) is 6.27. The fourth-order valence-corrected chi connectivity index (χ4v) is 3.59. The van der Waals surface area contributed by atoms with Gasteiger partial charge in [-0.1, -0.05) is 12.1 Å². The first-order chi connectivity index (χ1) is 13.5. The predicted molar refractivity (Wildman–Crippen MR) is 104 cm³/mol. The Balaban J connectivity index is 2.04. The molecule has 2 aromatic carbocycles. The standard InChI is InChI=1S/C19H21F3N2O4S/c1-28-17-9-4-7-15(13-17)23-18(25)10-5-11-24(29(2,26)27)16-8-3-6-14(12-16)19(20,21)22/h3-4,6-9,12-13H,5,10-11H2,1-2H3,(H,23,25). The molecule has 0 atom stereocenters. The van der Waals surface area contributed by atoms with E-state index >= 15 is 0 Å². The molecule has 0 fully saturated rings. The number of anilines is 2. The average molecular weight is 430 g/mol. The van der Waals surface area contributed by atoms with E-state index in [1.54, 1.807) is 24.3 Å². The Morgan fingerprint density at radius 1 is 1.14 bits per heavy atom. The summed E-state index contributed by atoms with van der Waals surface area (Å²) in [4.78, 5) is 12.1. The van der Waals surface area contributed by atoms with Gasteiger partial charge in [-0.3, -0.25) is 9.10 Å². The number of sulfonamides is 1. The van der Waals surface area contributed by atoms with Crippen molar-refractivity contribution < 1.29 is 31.1 Å². The van der Waals surface area contributed by atoms with Crippen molar-refractivity contribution >= 4 is 27.3 Å². The topological polar surface area (TPSA) is 75.7 Å². The van der Waals surface area contributed by atoms with Crippen molar-refractivity contribution in [1.82, 2.24) is 0 Å². The van der Waals surface area contributed by atoms with Crippen molar-refractivity contribution in [3.63, 3.8) is 0 Å². The number of carbonyl (C=O) groups is 1. The molecule has 6 nitrogen and oxygen atoms in total. The summed E-state index contributed by atoms with van der Waals surface area (Å²) < 4.78 is 68.8. The van der Waals surface area contributed by atoms with Crippen LogP contribution in [0, 0.1) is 0 Å². The minimum absolute atomic E-state index is 0.0117. The van der Waals surface area contributed by atoms with E-state index in [-0.39, 0.29) is 31.0 Å². The van der Waals surface area contributed by atoms with Gasteiger partial charge >= 0.3 is 6.18 Å². The number of rotatable bonds is 8. The van der Waals surface area contributed by atoms with Crippen LogP contribution in [0.1, 0.15) is 18.4 Å². The van der Waals surface area contributed by atoms with Gasteiger partial charge in [0.2, 0.25) is 15.9 Å². The fraction of sp³-hybridized carbons (Fsp3) is 0.316. The summed E-state index contributed by atoms with van der Waals surface area (Å²) in [6, 6.07) is 10.8. The lowest BCUT2D eigenvalue weighted by molar-refractivity contribution is -0.137. The quantitative estimate of drug-likeness (QED) is 0.689. The molecule has 0 aliphatic heterocycles. The van der Waals surface area contributed by atoms with Crippen LogP contribution in [0.4, 0.5) is 24.5 Å². The number of amides is 1. The zero-order valence-corrected chi connectivity index (χ0v) is 16.7. The van der Waals surface area contributed by atoms with E-state index in [0.717, 1.165) is 28.8 Å². The zero-order chi connectivity index (χ0) is 21.7. The lowest BCUT2D eigenvalue weighted by atomic mass is 10.2. The summed E-state index contributed by atoms with van der Waals surface area (Å²) in [6.45, 7) is -0.133. The largest absolute Gasteiger partial charge is 0.497 e. The van der Waals surface area contributed by atoms with E-state index in [2.05, 4.69) is 5.32 Å². The first-order valence-corrected chi connectivity index (χ1v) is 10.4. The number of nitrogens with zero attached hydrogens (tertiary/aromatic N) is 1. The number of benzene rings is 2. The lowest BCUT2D eigenvalue weighted by Gasteiger charge is -2.23. The summed E-state index contributed by atoms with van der Waals surface area (Å²) in [6.07, 6.45) is -3.57. The molecular formula is C19H21F3N2O4S. The third-order valence-corrected chi connectivity index (χ3v) is 5.17.